The molecule has 2 aromatic rings. The lowest BCUT2D eigenvalue weighted by Gasteiger charge is -2.30. The molecule has 1 N–H and O–H groups in total. The Morgan fingerprint density at radius 3 is 2.26 bits per heavy atom. The van der Waals surface area contributed by atoms with Gasteiger partial charge in [-0.15, -0.1) is 0 Å². The van der Waals surface area contributed by atoms with Gasteiger partial charge in [-0.1, -0.05) is 23.7 Å². The van der Waals surface area contributed by atoms with Gasteiger partial charge in [-0.2, -0.15) is 0 Å². The van der Waals surface area contributed by atoms with Crippen LogP contribution < -0.4 is 9.62 Å². The molecule has 0 bridgehead atoms. The van der Waals surface area contributed by atoms with Crippen LogP contribution in [0.5, 0.6) is 0 Å². The zero-order valence-corrected chi connectivity index (χ0v) is 14.3. The van der Waals surface area contributed by atoms with E-state index in [1.54, 1.807) is 18.2 Å². The van der Waals surface area contributed by atoms with Crippen LogP contribution in [0.4, 0.5) is 11.4 Å². The van der Waals surface area contributed by atoms with Crippen LogP contribution in [0.15, 0.2) is 53.4 Å². The van der Waals surface area contributed by atoms with Crippen LogP contribution in [-0.4, -0.2) is 21.5 Å². The average Bonchev–Trinajstić information content (AvgIpc) is 2.56. The van der Waals surface area contributed by atoms with Gasteiger partial charge in [0.25, 0.3) is 10.0 Å². The zero-order chi connectivity index (χ0) is 16.3. The molecular formula is C17H19ClN2O2S. The highest BCUT2D eigenvalue weighted by Gasteiger charge is 2.19. The van der Waals surface area contributed by atoms with E-state index in [2.05, 4.69) is 9.62 Å². The number of sulfonamides is 1. The first kappa shape index (κ1) is 16.1. The normalized spacial score (nSPS) is 15.4. The third-order valence-corrected chi connectivity index (χ3v) is 5.60. The van der Waals surface area contributed by atoms with E-state index in [-0.39, 0.29) is 4.90 Å². The topological polar surface area (TPSA) is 49.4 Å². The van der Waals surface area contributed by atoms with Gasteiger partial charge < -0.3 is 4.90 Å². The number of para-hydroxylation sites is 2. The fourth-order valence-corrected chi connectivity index (χ4v) is 3.99. The van der Waals surface area contributed by atoms with Crippen molar-refractivity contribution in [2.75, 3.05) is 22.7 Å². The minimum Gasteiger partial charge on any atom is -0.370 e. The fourth-order valence-electron chi connectivity index (χ4n) is 2.79. The lowest BCUT2D eigenvalue weighted by Crippen LogP contribution is -2.30. The van der Waals surface area contributed by atoms with Gasteiger partial charge in [0.2, 0.25) is 0 Å². The molecule has 0 radical (unpaired) electrons. The molecule has 0 spiro atoms. The van der Waals surface area contributed by atoms with E-state index in [1.807, 2.05) is 18.2 Å². The summed E-state index contributed by atoms with van der Waals surface area (Å²) in [5, 5.41) is 0.512. The first-order valence-corrected chi connectivity index (χ1v) is 9.55. The Kier molecular flexibility index (Phi) is 4.78. The van der Waals surface area contributed by atoms with Crippen LogP contribution >= 0.6 is 11.6 Å². The Hall–Kier alpha value is -1.72. The molecule has 0 saturated carbocycles. The van der Waals surface area contributed by atoms with Gasteiger partial charge in [0, 0.05) is 18.1 Å². The number of benzene rings is 2. The van der Waals surface area contributed by atoms with E-state index in [1.165, 1.54) is 18.6 Å². The van der Waals surface area contributed by atoms with Crippen molar-refractivity contribution in [1.82, 2.24) is 0 Å². The first-order chi connectivity index (χ1) is 11.1. The molecule has 1 aliphatic rings. The fraction of sp³-hybridized carbons (Fsp3) is 0.294. The van der Waals surface area contributed by atoms with E-state index >= 15 is 0 Å². The van der Waals surface area contributed by atoms with Gasteiger partial charge in [-0.25, -0.2) is 8.42 Å². The van der Waals surface area contributed by atoms with Crippen molar-refractivity contribution in [3.8, 4) is 0 Å². The summed E-state index contributed by atoms with van der Waals surface area (Å²) in [7, 11) is -3.63. The molecule has 122 valence electrons. The highest BCUT2D eigenvalue weighted by atomic mass is 35.5. The molecule has 3 rings (SSSR count). The van der Waals surface area contributed by atoms with Crippen molar-refractivity contribution >= 4 is 33.0 Å². The SMILES string of the molecule is O=S(=O)(Nc1ccccc1N1CCCCC1)c1ccc(Cl)cc1. The third kappa shape index (κ3) is 3.79. The number of rotatable bonds is 4. The van der Waals surface area contributed by atoms with Gasteiger partial charge >= 0.3 is 0 Å². The van der Waals surface area contributed by atoms with Crippen molar-refractivity contribution < 1.29 is 8.42 Å². The maximum atomic E-state index is 12.6. The summed E-state index contributed by atoms with van der Waals surface area (Å²) in [6.07, 6.45) is 3.51. The molecule has 23 heavy (non-hydrogen) atoms. The summed E-state index contributed by atoms with van der Waals surface area (Å²) in [5.41, 5.74) is 1.55. The molecular weight excluding hydrogens is 332 g/mol. The predicted octanol–water partition coefficient (Wildman–Crippen LogP) is 4.13. The van der Waals surface area contributed by atoms with Crippen LogP contribution in [0.2, 0.25) is 5.02 Å². The monoisotopic (exact) mass is 350 g/mol. The summed E-state index contributed by atoms with van der Waals surface area (Å²) in [4.78, 5) is 2.44. The van der Waals surface area contributed by atoms with Gasteiger partial charge in [-0.3, -0.25) is 4.72 Å². The summed E-state index contributed by atoms with van der Waals surface area (Å²) >= 11 is 5.83. The van der Waals surface area contributed by atoms with Gasteiger partial charge in [0.15, 0.2) is 0 Å². The molecule has 0 aromatic heterocycles. The predicted molar refractivity (Wildman–Crippen MR) is 94.8 cm³/mol. The molecule has 1 aliphatic heterocycles. The standard InChI is InChI=1S/C17H19ClN2O2S/c18-14-8-10-15(11-9-14)23(21,22)19-16-6-2-3-7-17(16)20-12-4-1-5-13-20/h2-3,6-11,19H,1,4-5,12-13H2. The largest absolute Gasteiger partial charge is 0.370 e. The summed E-state index contributed by atoms with van der Waals surface area (Å²) in [6.45, 7) is 1.92. The van der Waals surface area contributed by atoms with Crippen molar-refractivity contribution in [2.24, 2.45) is 0 Å². The Balaban J connectivity index is 1.89. The Morgan fingerprint density at radius 1 is 0.913 bits per heavy atom. The van der Waals surface area contributed by atoms with Crippen molar-refractivity contribution in [1.29, 1.82) is 0 Å². The molecule has 6 heteroatoms. The van der Waals surface area contributed by atoms with E-state index in [4.69, 9.17) is 11.6 Å². The maximum absolute atomic E-state index is 12.6. The average molecular weight is 351 g/mol. The number of hydrogen-bond donors (Lipinski definition) is 1. The van der Waals surface area contributed by atoms with Crippen LogP contribution in [0.3, 0.4) is 0 Å². The molecule has 1 heterocycles. The number of nitrogens with one attached hydrogen (secondary N) is 1. The van der Waals surface area contributed by atoms with Crippen LogP contribution in [0.25, 0.3) is 0 Å². The Labute approximate surface area is 142 Å². The Bertz CT molecular complexity index is 769. The molecule has 1 saturated heterocycles. The Morgan fingerprint density at radius 2 is 1.57 bits per heavy atom. The summed E-state index contributed by atoms with van der Waals surface area (Å²) < 4.78 is 27.9. The smallest absolute Gasteiger partial charge is 0.261 e. The molecule has 0 aliphatic carbocycles. The molecule has 0 unspecified atom stereocenters. The molecule has 1 fully saturated rings. The van der Waals surface area contributed by atoms with Crippen molar-refractivity contribution in [2.45, 2.75) is 24.2 Å². The molecule has 0 atom stereocenters. The van der Waals surface area contributed by atoms with Crippen molar-refractivity contribution in [3.63, 3.8) is 0 Å². The van der Waals surface area contributed by atoms with E-state index < -0.39 is 10.0 Å². The maximum Gasteiger partial charge on any atom is 0.261 e. The zero-order valence-electron chi connectivity index (χ0n) is 12.7. The van der Waals surface area contributed by atoms with Crippen molar-refractivity contribution in [3.05, 3.63) is 53.6 Å². The summed E-state index contributed by atoms with van der Waals surface area (Å²) in [5.74, 6) is 0. The second-order valence-electron chi connectivity index (χ2n) is 5.62. The van der Waals surface area contributed by atoms with Crippen LogP contribution in [0, 0.1) is 0 Å². The number of nitrogens with zero attached hydrogens (tertiary/aromatic N) is 1. The minimum atomic E-state index is -3.63. The second kappa shape index (κ2) is 6.81. The number of hydrogen-bond acceptors (Lipinski definition) is 3. The highest BCUT2D eigenvalue weighted by Crippen LogP contribution is 2.30. The highest BCUT2D eigenvalue weighted by molar-refractivity contribution is 7.92. The molecule has 0 amide bonds. The van der Waals surface area contributed by atoms with E-state index in [0.29, 0.717) is 10.7 Å². The second-order valence-corrected chi connectivity index (χ2v) is 7.74. The minimum absolute atomic E-state index is 0.204. The van der Waals surface area contributed by atoms with Crippen LogP contribution in [0.1, 0.15) is 19.3 Å². The summed E-state index contributed by atoms with van der Waals surface area (Å²) in [6, 6.07) is 13.7. The van der Waals surface area contributed by atoms with E-state index in [0.717, 1.165) is 31.6 Å². The number of halogens is 1. The van der Waals surface area contributed by atoms with Gasteiger partial charge in [0.05, 0.1) is 16.3 Å². The van der Waals surface area contributed by atoms with Gasteiger partial charge in [0.1, 0.15) is 0 Å². The van der Waals surface area contributed by atoms with Gasteiger partial charge in [-0.05, 0) is 55.7 Å². The first-order valence-electron chi connectivity index (χ1n) is 7.69. The lowest BCUT2D eigenvalue weighted by atomic mass is 10.1. The lowest BCUT2D eigenvalue weighted by molar-refractivity contribution is 0.578. The number of anilines is 2. The van der Waals surface area contributed by atoms with Crippen LogP contribution in [-0.2, 0) is 10.0 Å². The number of piperidine rings is 1. The van der Waals surface area contributed by atoms with E-state index in [9.17, 15) is 8.42 Å². The third-order valence-electron chi connectivity index (χ3n) is 3.97. The molecule has 4 nitrogen and oxygen atoms in total. The molecule has 2 aromatic carbocycles. The quantitative estimate of drug-likeness (QED) is 0.901.